The van der Waals surface area contributed by atoms with Crippen molar-refractivity contribution in [3.63, 3.8) is 0 Å². The molecule has 0 unspecified atom stereocenters. The van der Waals surface area contributed by atoms with Crippen LogP contribution in [0.3, 0.4) is 0 Å². The third-order valence-corrected chi connectivity index (χ3v) is 3.38. The van der Waals surface area contributed by atoms with E-state index in [-0.39, 0.29) is 17.3 Å². The number of benzene rings is 1. The first-order valence-electron chi connectivity index (χ1n) is 6.21. The number of anilines is 1. The number of carbonyl (C=O) groups is 1. The summed E-state index contributed by atoms with van der Waals surface area (Å²) in [5, 5.41) is 11.3. The molecular formula is C13H16N2O5. The van der Waals surface area contributed by atoms with E-state index in [0.29, 0.717) is 36.4 Å². The van der Waals surface area contributed by atoms with E-state index in [4.69, 9.17) is 9.47 Å². The van der Waals surface area contributed by atoms with Crippen LogP contribution in [0.4, 0.5) is 11.4 Å². The van der Waals surface area contributed by atoms with Crippen molar-refractivity contribution >= 4 is 17.3 Å². The lowest BCUT2D eigenvalue weighted by Gasteiger charge is -2.30. The van der Waals surface area contributed by atoms with E-state index in [0.717, 1.165) is 0 Å². The summed E-state index contributed by atoms with van der Waals surface area (Å²) in [6.45, 7) is 1.97. The van der Waals surface area contributed by atoms with Gasteiger partial charge in [-0.15, -0.1) is 0 Å². The third kappa shape index (κ3) is 2.15. The molecule has 0 aromatic heterocycles. The van der Waals surface area contributed by atoms with Crippen LogP contribution in [0.1, 0.15) is 18.9 Å². The number of nitrogens with zero attached hydrogens (tertiary/aromatic N) is 2. The van der Waals surface area contributed by atoms with E-state index >= 15 is 0 Å². The molecule has 1 aromatic rings. The van der Waals surface area contributed by atoms with Crippen LogP contribution in [0.5, 0.6) is 11.5 Å². The number of nitro benzene ring substituents is 1. The lowest BCUT2D eigenvalue weighted by molar-refractivity contribution is -0.386. The van der Waals surface area contributed by atoms with Crippen molar-refractivity contribution < 1.29 is 19.2 Å². The van der Waals surface area contributed by atoms with E-state index in [1.807, 2.05) is 0 Å². The predicted octanol–water partition coefficient (Wildman–Crippen LogP) is 1.91. The maximum absolute atomic E-state index is 11.7. The van der Waals surface area contributed by atoms with E-state index in [1.165, 1.54) is 32.1 Å². The van der Waals surface area contributed by atoms with Gasteiger partial charge in [-0.3, -0.25) is 14.9 Å². The zero-order valence-corrected chi connectivity index (χ0v) is 11.6. The Morgan fingerprint density at radius 1 is 1.35 bits per heavy atom. The van der Waals surface area contributed by atoms with Crippen LogP contribution < -0.4 is 14.4 Å². The monoisotopic (exact) mass is 280 g/mol. The van der Waals surface area contributed by atoms with Gasteiger partial charge in [-0.05, 0) is 12.8 Å². The van der Waals surface area contributed by atoms with Gasteiger partial charge >= 0.3 is 5.69 Å². The van der Waals surface area contributed by atoms with Crippen molar-refractivity contribution in [1.29, 1.82) is 0 Å². The van der Waals surface area contributed by atoms with Gasteiger partial charge in [-0.25, -0.2) is 0 Å². The van der Waals surface area contributed by atoms with Gasteiger partial charge in [0, 0.05) is 19.5 Å². The summed E-state index contributed by atoms with van der Waals surface area (Å²) >= 11 is 0. The second-order valence-corrected chi connectivity index (χ2v) is 4.49. The van der Waals surface area contributed by atoms with Gasteiger partial charge in [-0.1, -0.05) is 0 Å². The smallest absolute Gasteiger partial charge is 0.316 e. The van der Waals surface area contributed by atoms with E-state index in [9.17, 15) is 14.9 Å². The number of carbonyl (C=O) groups excluding carboxylic acids is 1. The Hall–Kier alpha value is -2.31. The molecule has 1 heterocycles. The molecule has 108 valence electrons. The number of methoxy groups -OCH3 is 2. The number of rotatable bonds is 3. The Bertz CT molecular complexity index is 570. The van der Waals surface area contributed by atoms with Crippen molar-refractivity contribution in [2.45, 2.75) is 19.8 Å². The Morgan fingerprint density at radius 2 is 2.00 bits per heavy atom. The molecular weight excluding hydrogens is 264 g/mol. The first kappa shape index (κ1) is 14.1. The second kappa shape index (κ2) is 5.36. The molecule has 7 nitrogen and oxygen atoms in total. The van der Waals surface area contributed by atoms with Crippen LogP contribution in [-0.2, 0) is 11.2 Å². The quantitative estimate of drug-likeness (QED) is 0.624. The molecule has 0 atom stereocenters. The number of hydrogen-bond acceptors (Lipinski definition) is 5. The SMILES string of the molecule is COc1cc(OC)c([N+](=O)[O-])c2c1N(C(C)=O)CCC2. The molecule has 0 spiro atoms. The zero-order chi connectivity index (χ0) is 14.9. The van der Waals surface area contributed by atoms with Gasteiger partial charge in [0.05, 0.1) is 30.4 Å². The molecule has 0 saturated carbocycles. The van der Waals surface area contributed by atoms with E-state index in [1.54, 1.807) is 0 Å². The van der Waals surface area contributed by atoms with Crippen molar-refractivity contribution in [1.82, 2.24) is 0 Å². The average molecular weight is 280 g/mol. The van der Waals surface area contributed by atoms with Gasteiger partial charge in [0.25, 0.3) is 0 Å². The minimum absolute atomic E-state index is 0.0887. The molecule has 7 heteroatoms. The fourth-order valence-corrected chi connectivity index (χ4v) is 2.55. The van der Waals surface area contributed by atoms with Crippen molar-refractivity contribution in [2.75, 3.05) is 25.7 Å². The summed E-state index contributed by atoms with van der Waals surface area (Å²) in [6.07, 6.45) is 1.19. The number of hydrogen-bond donors (Lipinski definition) is 0. The normalized spacial score (nSPS) is 13.7. The summed E-state index contributed by atoms with van der Waals surface area (Å²) in [7, 11) is 2.84. The highest BCUT2D eigenvalue weighted by Crippen LogP contribution is 2.46. The number of amides is 1. The summed E-state index contributed by atoms with van der Waals surface area (Å²) in [5.41, 5.74) is 0.889. The first-order chi connectivity index (χ1) is 9.51. The number of nitro groups is 1. The van der Waals surface area contributed by atoms with Gasteiger partial charge in [-0.2, -0.15) is 0 Å². The Balaban J connectivity index is 2.77. The van der Waals surface area contributed by atoms with Crippen LogP contribution in [0.25, 0.3) is 0 Å². The minimum Gasteiger partial charge on any atom is -0.494 e. The summed E-state index contributed by atoms with van der Waals surface area (Å²) in [5.74, 6) is 0.400. The zero-order valence-electron chi connectivity index (χ0n) is 11.6. The van der Waals surface area contributed by atoms with E-state index < -0.39 is 4.92 Å². The maximum atomic E-state index is 11.7. The van der Waals surface area contributed by atoms with Gasteiger partial charge in [0.2, 0.25) is 11.7 Å². The summed E-state index contributed by atoms with van der Waals surface area (Å²) in [4.78, 5) is 24.1. The van der Waals surface area contributed by atoms with Crippen LogP contribution in [0.15, 0.2) is 6.07 Å². The Labute approximate surface area is 116 Å². The fourth-order valence-electron chi connectivity index (χ4n) is 2.55. The van der Waals surface area contributed by atoms with E-state index in [2.05, 4.69) is 0 Å². The molecule has 0 saturated heterocycles. The first-order valence-corrected chi connectivity index (χ1v) is 6.21. The molecule has 1 aromatic carbocycles. The molecule has 1 amide bonds. The second-order valence-electron chi connectivity index (χ2n) is 4.49. The van der Waals surface area contributed by atoms with Crippen LogP contribution in [0, 0.1) is 10.1 Å². The molecule has 0 bridgehead atoms. The van der Waals surface area contributed by atoms with Gasteiger partial charge < -0.3 is 14.4 Å². The summed E-state index contributed by atoms with van der Waals surface area (Å²) in [6, 6.07) is 1.46. The lowest BCUT2D eigenvalue weighted by Crippen LogP contribution is -2.34. The molecule has 1 aliphatic heterocycles. The highest BCUT2D eigenvalue weighted by molar-refractivity contribution is 5.96. The fraction of sp³-hybridized carbons (Fsp3) is 0.462. The number of fused-ring (bicyclic) bond motifs is 1. The van der Waals surface area contributed by atoms with Gasteiger partial charge in [0.1, 0.15) is 5.75 Å². The van der Waals surface area contributed by atoms with Crippen molar-refractivity contribution in [2.24, 2.45) is 0 Å². The molecule has 1 aliphatic rings. The standard InChI is InChI=1S/C13H16N2O5/c1-8(16)14-6-4-5-9-12(14)10(19-2)7-11(20-3)13(9)15(17)18/h7H,4-6H2,1-3H3. The molecule has 0 N–H and O–H groups in total. The molecule has 20 heavy (non-hydrogen) atoms. The Morgan fingerprint density at radius 3 is 2.50 bits per heavy atom. The van der Waals surface area contributed by atoms with Crippen molar-refractivity contribution in [3.05, 3.63) is 21.7 Å². The summed E-state index contributed by atoms with van der Waals surface area (Å²) < 4.78 is 10.4. The molecule has 0 radical (unpaired) electrons. The number of ether oxygens (including phenoxy) is 2. The van der Waals surface area contributed by atoms with Crippen LogP contribution in [0.2, 0.25) is 0 Å². The lowest BCUT2D eigenvalue weighted by atomic mass is 9.98. The molecule has 0 fully saturated rings. The highest BCUT2D eigenvalue weighted by atomic mass is 16.6. The Kier molecular flexibility index (Phi) is 3.78. The largest absolute Gasteiger partial charge is 0.494 e. The minimum atomic E-state index is -0.471. The van der Waals surface area contributed by atoms with Crippen LogP contribution in [-0.4, -0.2) is 31.6 Å². The third-order valence-electron chi connectivity index (χ3n) is 3.38. The molecule has 2 rings (SSSR count). The topological polar surface area (TPSA) is 81.9 Å². The van der Waals surface area contributed by atoms with Crippen molar-refractivity contribution in [3.8, 4) is 11.5 Å². The predicted molar refractivity (Wildman–Crippen MR) is 72.5 cm³/mol. The highest BCUT2D eigenvalue weighted by Gasteiger charge is 2.33. The average Bonchev–Trinajstić information content (AvgIpc) is 2.44. The van der Waals surface area contributed by atoms with Gasteiger partial charge in [0.15, 0.2) is 0 Å². The maximum Gasteiger partial charge on any atom is 0.316 e. The van der Waals surface area contributed by atoms with Crippen LogP contribution >= 0.6 is 0 Å². The molecule has 0 aliphatic carbocycles.